The topological polar surface area (TPSA) is 58.2 Å². The quantitative estimate of drug-likeness (QED) is 0.766. The van der Waals surface area contributed by atoms with Crippen LogP contribution in [0.2, 0.25) is 20.1 Å². The number of carbonyl (C=O) groups is 2. The van der Waals surface area contributed by atoms with Crippen LogP contribution in [0, 0.1) is 0 Å². The summed E-state index contributed by atoms with van der Waals surface area (Å²) in [4.78, 5) is 23.8. The average Bonchev–Trinajstić information content (AvgIpc) is 2.51. The fourth-order valence-corrected chi connectivity index (χ4v) is 2.44. The van der Waals surface area contributed by atoms with E-state index in [1.165, 1.54) is 12.1 Å². The maximum absolute atomic E-state index is 12.0. The van der Waals surface area contributed by atoms with Crippen molar-refractivity contribution < 1.29 is 9.59 Å². The highest BCUT2D eigenvalue weighted by Crippen LogP contribution is 2.23. The molecule has 0 radical (unpaired) electrons. The molecule has 0 spiro atoms. The molecule has 8 heteroatoms. The number of amides is 2. The lowest BCUT2D eigenvalue weighted by Crippen LogP contribution is -2.42. The minimum absolute atomic E-state index is 0.0282. The van der Waals surface area contributed by atoms with Gasteiger partial charge in [0.2, 0.25) is 5.91 Å². The zero-order valence-electron chi connectivity index (χ0n) is 11.5. The van der Waals surface area contributed by atoms with Gasteiger partial charge in [-0.3, -0.25) is 20.4 Å². The Hall–Kier alpha value is -1.46. The van der Waals surface area contributed by atoms with E-state index < -0.39 is 11.8 Å². The Balaban J connectivity index is 1.94. The molecule has 0 aliphatic carbocycles. The Labute approximate surface area is 152 Å². The third-order valence-corrected chi connectivity index (χ3v) is 4.14. The molecular formula is C15H10Cl4N2O2. The zero-order valence-corrected chi connectivity index (χ0v) is 14.5. The molecule has 2 N–H and O–H groups in total. The minimum Gasteiger partial charge on any atom is -0.273 e. The monoisotopic (exact) mass is 390 g/mol. The molecule has 0 heterocycles. The van der Waals surface area contributed by atoms with Gasteiger partial charge in [-0.25, -0.2) is 0 Å². The third-order valence-electron chi connectivity index (χ3n) is 2.84. The van der Waals surface area contributed by atoms with E-state index in [0.29, 0.717) is 20.6 Å². The first kappa shape index (κ1) is 17.9. The van der Waals surface area contributed by atoms with Gasteiger partial charge >= 0.3 is 0 Å². The lowest BCUT2D eigenvalue weighted by atomic mass is 10.1. The first-order valence-electron chi connectivity index (χ1n) is 6.35. The number of rotatable bonds is 3. The minimum atomic E-state index is -0.569. The summed E-state index contributed by atoms with van der Waals surface area (Å²) >= 11 is 23.4. The normalized spacial score (nSPS) is 10.3. The predicted octanol–water partition coefficient (Wildman–Crippen LogP) is 4.30. The Bertz CT molecular complexity index is 765. The molecule has 0 saturated heterocycles. The maximum Gasteiger partial charge on any atom is 0.271 e. The molecule has 0 atom stereocenters. The van der Waals surface area contributed by atoms with Gasteiger partial charge in [-0.05, 0) is 35.9 Å². The van der Waals surface area contributed by atoms with Crippen molar-refractivity contribution in [3.05, 3.63) is 67.6 Å². The molecule has 0 bridgehead atoms. The number of nitrogens with one attached hydrogen (secondary N) is 2. The lowest BCUT2D eigenvalue weighted by Gasteiger charge is -2.09. The van der Waals surface area contributed by atoms with Gasteiger partial charge in [0.1, 0.15) is 0 Å². The summed E-state index contributed by atoms with van der Waals surface area (Å²) in [5.41, 5.74) is 5.39. The first-order valence-corrected chi connectivity index (χ1v) is 7.86. The van der Waals surface area contributed by atoms with E-state index in [1.807, 2.05) is 0 Å². The van der Waals surface area contributed by atoms with Crippen LogP contribution in [-0.4, -0.2) is 11.8 Å². The highest BCUT2D eigenvalue weighted by Gasteiger charge is 2.12. The largest absolute Gasteiger partial charge is 0.273 e. The Morgan fingerprint density at radius 1 is 0.826 bits per heavy atom. The average molecular weight is 392 g/mol. The number of benzene rings is 2. The lowest BCUT2D eigenvalue weighted by molar-refractivity contribution is -0.121. The zero-order chi connectivity index (χ0) is 17.0. The maximum atomic E-state index is 12.0. The van der Waals surface area contributed by atoms with Crippen molar-refractivity contribution >= 4 is 58.2 Å². The van der Waals surface area contributed by atoms with E-state index in [-0.39, 0.29) is 17.0 Å². The molecule has 0 unspecified atom stereocenters. The molecule has 0 saturated carbocycles. The standard InChI is InChI=1S/C15H10Cl4N2O2/c16-9-2-4-11(17)10(7-9)15(23)21-20-14(22)6-8-1-3-12(18)13(19)5-8/h1-5,7H,6H2,(H,20,22)(H,21,23). The van der Waals surface area contributed by atoms with Crippen LogP contribution in [0.3, 0.4) is 0 Å². The second-order valence-corrected chi connectivity index (χ2v) is 6.21. The molecule has 0 aliphatic rings. The summed E-state index contributed by atoms with van der Waals surface area (Å²) in [5, 5.41) is 1.35. The summed E-state index contributed by atoms with van der Waals surface area (Å²) < 4.78 is 0. The second kappa shape index (κ2) is 7.88. The van der Waals surface area contributed by atoms with Crippen LogP contribution in [-0.2, 0) is 11.2 Å². The summed E-state index contributed by atoms with van der Waals surface area (Å²) in [6.45, 7) is 0. The predicted molar refractivity (Wildman–Crippen MR) is 92.2 cm³/mol. The summed E-state index contributed by atoms with van der Waals surface area (Å²) in [6.07, 6.45) is 0.0282. The van der Waals surface area contributed by atoms with E-state index in [2.05, 4.69) is 10.9 Å². The molecule has 2 aromatic rings. The molecular weight excluding hydrogens is 382 g/mol. The van der Waals surface area contributed by atoms with Crippen LogP contribution in [0.5, 0.6) is 0 Å². The SMILES string of the molecule is O=C(Cc1ccc(Cl)c(Cl)c1)NNC(=O)c1cc(Cl)ccc1Cl. The van der Waals surface area contributed by atoms with Gasteiger partial charge in [0.05, 0.1) is 27.1 Å². The van der Waals surface area contributed by atoms with E-state index in [1.54, 1.807) is 24.3 Å². The van der Waals surface area contributed by atoms with Crippen molar-refractivity contribution in [3.8, 4) is 0 Å². The molecule has 2 amide bonds. The van der Waals surface area contributed by atoms with Crippen LogP contribution >= 0.6 is 46.4 Å². The van der Waals surface area contributed by atoms with Crippen molar-refractivity contribution in [1.29, 1.82) is 0 Å². The highest BCUT2D eigenvalue weighted by molar-refractivity contribution is 6.42. The smallest absolute Gasteiger partial charge is 0.271 e. The summed E-state index contributed by atoms with van der Waals surface area (Å²) in [7, 11) is 0. The Morgan fingerprint density at radius 3 is 2.22 bits per heavy atom. The van der Waals surface area contributed by atoms with Gasteiger partial charge in [-0.1, -0.05) is 52.5 Å². The van der Waals surface area contributed by atoms with Crippen LogP contribution in [0.4, 0.5) is 0 Å². The fourth-order valence-electron chi connectivity index (χ4n) is 1.74. The van der Waals surface area contributed by atoms with E-state index >= 15 is 0 Å². The van der Waals surface area contributed by atoms with Gasteiger partial charge in [0.15, 0.2) is 0 Å². The number of hydrogen-bond acceptors (Lipinski definition) is 2. The molecule has 0 fully saturated rings. The second-order valence-electron chi connectivity index (χ2n) is 4.55. The molecule has 2 aromatic carbocycles. The van der Waals surface area contributed by atoms with Crippen molar-refractivity contribution in [1.82, 2.24) is 10.9 Å². The van der Waals surface area contributed by atoms with Crippen LogP contribution < -0.4 is 10.9 Å². The van der Waals surface area contributed by atoms with E-state index in [4.69, 9.17) is 46.4 Å². The third kappa shape index (κ3) is 5.01. The molecule has 0 aliphatic heterocycles. The van der Waals surface area contributed by atoms with Crippen LogP contribution in [0.15, 0.2) is 36.4 Å². The number of halogens is 4. The molecule has 23 heavy (non-hydrogen) atoms. The van der Waals surface area contributed by atoms with Crippen molar-refractivity contribution in [2.75, 3.05) is 0 Å². The van der Waals surface area contributed by atoms with Gasteiger partial charge in [0.25, 0.3) is 5.91 Å². The van der Waals surface area contributed by atoms with Gasteiger partial charge in [-0.15, -0.1) is 0 Å². The van der Waals surface area contributed by atoms with Crippen LogP contribution in [0.25, 0.3) is 0 Å². The first-order chi connectivity index (χ1) is 10.9. The van der Waals surface area contributed by atoms with E-state index in [9.17, 15) is 9.59 Å². The van der Waals surface area contributed by atoms with Crippen molar-refractivity contribution in [3.63, 3.8) is 0 Å². The Kier molecular flexibility index (Phi) is 6.13. The van der Waals surface area contributed by atoms with Gasteiger partial charge in [0, 0.05) is 5.02 Å². The van der Waals surface area contributed by atoms with E-state index in [0.717, 1.165) is 0 Å². The fraction of sp³-hybridized carbons (Fsp3) is 0.0667. The number of carbonyl (C=O) groups excluding carboxylic acids is 2. The van der Waals surface area contributed by atoms with Gasteiger partial charge < -0.3 is 0 Å². The molecule has 4 nitrogen and oxygen atoms in total. The summed E-state index contributed by atoms with van der Waals surface area (Å²) in [5.74, 6) is -0.991. The number of hydrogen-bond donors (Lipinski definition) is 2. The van der Waals surface area contributed by atoms with Crippen molar-refractivity contribution in [2.24, 2.45) is 0 Å². The Morgan fingerprint density at radius 2 is 1.52 bits per heavy atom. The highest BCUT2D eigenvalue weighted by atomic mass is 35.5. The molecule has 120 valence electrons. The number of hydrazine groups is 1. The summed E-state index contributed by atoms with van der Waals surface area (Å²) in [6, 6.07) is 9.31. The van der Waals surface area contributed by atoms with Crippen LogP contribution in [0.1, 0.15) is 15.9 Å². The molecule has 2 rings (SSSR count). The van der Waals surface area contributed by atoms with Crippen molar-refractivity contribution in [2.45, 2.75) is 6.42 Å². The van der Waals surface area contributed by atoms with Gasteiger partial charge in [-0.2, -0.15) is 0 Å². The molecule has 0 aromatic heterocycles.